The Morgan fingerprint density at radius 3 is 2.62 bits per heavy atom. The number of anilines is 1. The summed E-state index contributed by atoms with van der Waals surface area (Å²) in [6.07, 6.45) is 0. The monoisotopic (exact) mass is 464 g/mol. The first-order valence-electron chi connectivity index (χ1n) is 9.08. The topological polar surface area (TPSA) is 76.9 Å². The summed E-state index contributed by atoms with van der Waals surface area (Å²) >= 11 is 13.9. The first kappa shape index (κ1) is 21.9. The molecule has 2 aromatic heterocycles. The van der Waals surface area contributed by atoms with Crippen LogP contribution in [0.15, 0.2) is 29.6 Å². The number of benzene rings is 1. The predicted octanol–water partition coefficient (Wildman–Crippen LogP) is 6.35. The van der Waals surface area contributed by atoms with E-state index in [0.717, 1.165) is 17.3 Å². The summed E-state index contributed by atoms with van der Waals surface area (Å²) in [6, 6.07) is 10.4. The number of nitrogens with zero attached hydrogens (tertiary/aromatic N) is 3. The van der Waals surface area contributed by atoms with Gasteiger partial charge in [-0.3, -0.25) is 0 Å². The standard InChI is InChI=1S/C20H22Cl2N4OSSi/c1-29(2,3)7-6-27-12-26-18(17-11-28-20(24)25-17)8-13(10-23)19(26)15-5-4-14(21)9-16(15)22/h4-5,8-9,11H,6-7,12H2,1-3H3,(H2,24,25). The minimum Gasteiger partial charge on any atom is -0.375 e. The van der Waals surface area contributed by atoms with Crippen molar-refractivity contribution in [3.8, 4) is 28.7 Å². The molecule has 5 nitrogen and oxygen atoms in total. The summed E-state index contributed by atoms with van der Waals surface area (Å²) in [4.78, 5) is 4.39. The molecule has 0 aliphatic rings. The molecule has 0 bridgehead atoms. The van der Waals surface area contributed by atoms with Crippen molar-refractivity contribution in [2.24, 2.45) is 0 Å². The highest BCUT2D eigenvalue weighted by Crippen LogP contribution is 2.37. The van der Waals surface area contributed by atoms with Crippen LogP contribution in [0.1, 0.15) is 5.56 Å². The van der Waals surface area contributed by atoms with E-state index in [2.05, 4.69) is 30.7 Å². The van der Waals surface area contributed by atoms with E-state index >= 15 is 0 Å². The summed E-state index contributed by atoms with van der Waals surface area (Å²) in [5.41, 5.74) is 9.20. The molecule has 0 fully saturated rings. The number of ether oxygens (including phenoxy) is 1. The van der Waals surface area contributed by atoms with E-state index in [9.17, 15) is 5.26 Å². The fraction of sp³-hybridized carbons (Fsp3) is 0.300. The van der Waals surface area contributed by atoms with Crippen LogP contribution in [-0.4, -0.2) is 24.2 Å². The van der Waals surface area contributed by atoms with Gasteiger partial charge in [-0.1, -0.05) is 42.8 Å². The number of nitrogens with two attached hydrogens (primary N) is 1. The minimum atomic E-state index is -1.21. The SMILES string of the molecule is C[Si](C)(C)CCOCn1c(-c2csc(N)n2)cc(C#N)c1-c1ccc(Cl)cc1Cl. The number of aromatic nitrogens is 2. The lowest BCUT2D eigenvalue weighted by molar-refractivity contribution is 0.0895. The smallest absolute Gasteiger partial charge is 0.180 e. The zero-order valence-electron chi connectivity index (χ0n) is 16.5. The normalized spacial score (nSPS) is 11.6. The molecule has 29 heavy (non-hydrogen) atoms. The van der Waals surface area contributed by atoms with E-state index in [4.69, 9.17) is 33.7 Å². The van der Waals surface area contributed by atoms with Crippen LogP contribution in [0.5, 0.6) is 0 Å². The van der Waals surface area contributed by atoms with Crippen molar-refractivity contribution in [3.63, 3.8) is 0 Å². The zero-order chi connectivity index (χ0) is 21.2. The van der Waals surface area contributed by atoms with Gasteiger partial charge in [-0.15, -0.1) is 11.3 Å². The molecule has 1 aromatic carbocycles. The maximum atomic E-state index is 9.78. The summed E-state index contributed by atoms with van der Waals surface area (Å²) in [7, 11) is -1.21. The van der Waals surface area contributed by atoms with Gasteiger partial charge < -0.3 is 15.0 Å². The van der Waals surface area contributed by atoms with Gasteiger partial charge in [0.2, 0.25) is 0 Å². The van der Waals surface area contributed by atoms with Gasteiger partial charge in [0.1, 0.15) is 18.5 Å². The molecule has 0 unspecified atom stereocenters. The Bertz CT molecular complexity index is 1070. The lowest BCUT2D eigenvalue weighted by Crippen LogP contribution is -2.22. The van der Waals surface area contributed by atoms with Crippen molar-refractivity contribution in [2.45, 2.75) is 32.4 Å². The lowest BCUT2D eigenvalue weighted by Gasteiger charge is -2.18. The van der Waals surface area contributed by atoms with Gasteiger partial charge in [-0.05, 0) is 30.3 Å². The average molecular weight is 465 g/mol. The zero-order valence-corrected chi connectivity index (χ0v) is 19.8. The second-order valence-electron chi connectivity index (χ2n) is 7.87. The fourth-order valence-corrected chi connectivity index (χ4v) is 4.70. The van der Waals surface area contributed by atoms with Crippen LogP contribution < -0.4 is 5.73 Å². The number of rotatable bonds is 7. The maximum absolute atomic E-state index is 9.78. The molecule has 0 atom stereocenters. The van der Waals surface area contributed by atoms with Gasteiger partial charge in [0.15, 0.2) is 5.13 Å². The van der Waals surface area contributed by atoms with Crippen molar-refractivity contribution >= 4 is 47.7 Å². The van der Waals surface area contributed by atoms with E-state index in [-0.39, 0.29) is 6.73 Å². The Morgan fingerprint density at radius 2 is 2.03 bits per heavy atom. The third-order valence-corrected chi connectivity index (χ3v) is 7.33. The Morgan fingerprint density at radius 1 is 1.28 bits per heavy atom. The number of hydrogen-bond donors (Lipinski definition) is 1. The summed E-state index contributed by atoms with van der Waals surface area (Å²) in [5.74, 6) is 0. The van der Waals surface area contributed by atoms with Crippen LogP contribution in [0.2, 0.25) is 35.7 Å². The Labute approximate surface area is 185 Å². The number of thiazole rings is 1. The molecule has 0 saturated carbocycles. The molecule has 9 heteroatoms. The lowest BCUT2D eigenvalue weighted by atomic mass is 10.1. The number of nitriles is 1. The highest BCUT2D eigenvalue weighted by atomic mass is 35.5. The molecule has 2 N–H and O–H groups in total. The molecule has 0 saturated heterocycles. The molecule has 3 aromatic rings. The molecule has 0 radical (unpaired) electrons. The molecule has 2 heterocycles. The van der Waals surface area contributed by atoms with Crippen molar-refractivity contribution in [3.05, 3.63) is 45.3 Å². The van der Waals surface area contributed by atoms with Gasteiger partial charge in [-0.2, -0.15) is 5.26 Å². The first-order chi connectivity index (χ1) is 13.7. The fourth-order valence-electron chi connectivity index (χ4n) is 2.89. The van der Waals surface area contributed by atoms with E-state index in [1.807, 2.05) is 16.0 Å². The first-order valence-corrected chi connectivity index (χ1v) is 14.4. The Balaban J connectivity index is 2.08. The van der Waals surface area contributed by atoms with Gasteiger partial charge in [-0.25, -0.2) is 4.98 Å². The number of nitrogen functional groups attached to an aromatic ring is 1. The molecule has 3 rings (SSSR count). The summed E-state index contributed by atoms with van der Waals surface area (Å²) < 4.78 is 7.95. The summed E-state index contributed by atoms with van der Waals surface area (Å²) in [5, 5.41) is 13.1. The molecule has 0 aliphatic carbocycles. The largest absolute Gasteiger partial charge is 0.375 e. The molecular formula is C20H22Cl2N4OSSi. The van der Waals surface area contributed by atoms with Crippen LogP contribution in [0.3, 0.4) is 0 Å². The molecule has 0 aliphatic heterocycles. The van der Waals surface area contributed by atoms with Gasteiger partial charge in [0.25, 0.3) is 0 Å². The quantitative estimate of drug-likeness (QED) is 0.326. The summed E-state index contributed by atoms with van der Waals surface area (Å²) in [6.45, 7) is 7.86. The second kappa shape index (κ2) is 8.90. The Kier molecular flexibility index (Phi) is 6.71. The predicted molar refractivity (Wildman–Crippen MR) is 124 cm³/mol. The third kappa shape index (κ3) is 5.21. The van der Waals surface area contributed by atoms with Crippen LogP contribution in [0.4, 0.5) is 5.13 Å². The second-order valence-corrected chi connectivity index (χ2v) is 15.2. The van der Waals surface area contributed by atoms with E-state index in [1.165, 1.54) is 11.3 Å². The van der Waals surface area contributed by atoms with Crippen molar-refractivity contribution in [1.82, 2.24) is 9.55 Å². The molecule has 0 spiro atoms. The number of halogens is 2. The molecular weight excluding hydrogens is 443 g/mol. The highest BCUT2D eigenvalue weighted by molar-refractivity contribution is 7.13. The van der Waals surface area contributed by atoms with Crippen LogP contribution in [-0.2, 0) is 11.5 Å². The van der Waals surface area contributed by atoms with Crippen molar-refractivity contribution in [1.29, 1.82) is 5.26 Å². The van der Waals surface area contributed by atoms with Gasteiger partial charge in [0.05, 0.1) is 22.0 Å². The van der Waals surface area contributed by atoms with Gasteiger partial charge in [0, 0.05) is 30.6 Å². The van der Waals surface area contributed by atoms with E-state index < -0.39 is 8.07 Å². The average Bonchev–Trinajstić information content (AvgIpc) is 3.21. The van der Waals surface area contributed by atoms with Crippen LogP contribution in [0, 0.1) is 11.3 Å². The van der Waals surface area contributed by atoms with Crippen LogP contribution in [0.25, 0.3) is 22.6 Å². The maximum Gasteiger partial charge on any atom is 0.180 e. The molecule has 152 valence electrons. The number of hydrogen-bond acceptors (Lipinski definition) is 5. The van der Waals surface area contributed by atoms with E-state index in [0.29, 0.717) is 38.7 Å². The van der Waals surface area contributed by atoms with Crippen LogP contribution >= 0.6 is 34.5 Å². The minimum absolute atomic E-state index is 0.285. The van der Waals surface area contributed by atoms with E-state index in [1.54, 1.807) is 18.2 Å². The molecule has 0 amide bonds. The highest BCUT2D eigenvalue weighted by Gasteiger charge is 2.22. The van der Waals surface area contributed by atoms with Crippen molar-refractivity contribution in [2.75, 3.05) is 12.3 Å². The Hall–Kier alpha value is -1.82. The van der Waals surface area contributed by atoms with Crippen molar-refractivity contribution < 1.29 is 4.74 Å². The van der Waals surface area contributed by atoms with Gasteiger partial charge >= 0.3 is 0 Å². The third-order valence-electron chi connectivity index (χ3n) is 4.40.